The summed E-state index contributed by atoms with van der Waals surface area (Å²) in [7, 11) is 0. The van der Waals surface area contributed by atoms with Crippen molar-refractivity contribution in [3.63, 3.8) is 0 Å². The molecule has 1 amide bonds. The minimum atomic E-state index is -0.435. The summed E-state index contributed by atoms with van der Waals surface area (Å²) in [6.07, 6.45) is 0.877. The standard InChI is InChI=1S/C22H22N4O3S2/c1-15(30-18-9-7-17(8-10-18)26(28)29)21(27)24-22-23-19-11-12-25(14-20(19)31-22)13-16-5-3-2-4-6-16/h2-10,15H,11-14H2,1H3,(H,23,24,27). The number of fused-ring (bicyclic) bond motifs is 1. The lowest BCUT2D eigenvalue weighted by atomic mass is 10.1. The van der Waals surface area contributed by atoms with Crippen molar-refractivity contribution in [2.75, 3.05) is 11.9 Å². The fourth-order valence-electron chi connectivity index (χ4n) is 3.39. The van der Waals surface area contributed by atoms with Gasteiger partial charge in [-0.05, 0) is 24.6 Å². The molecule has 0 saturated carbocycles. The molecule has 2 aromatic carbocycles. The second-order valence-corrected chi connectivity index (χ2v) is 9.83. The van der Waals surface area contributed by atoms with Crippen LogP contribution in [0.4, 0.5) is 10.8 Å². The first-order chi connectivity index (χ1) is 15.0. The van der Waals surface area contributed by atoms with Crippen molar-refractivity contribution in [3.05, 3.63) is 80.8 Å². The predicted molar refractivity (Wildman–Crippen MR) is 123 cm³/mol. The van der Waals surface area contributed by atoms with Crippen LogP contribution in [0.25, 0.3) is 0 Å². The molecule has 1 aliphatic heterocycles. The van der Waals surface area contributed by atoms with Gasteiger partial charge in [0.1, 0.15) is 0 Å². The Hall–Kier alpha value is -2.75. The van der Waals surface area contributed by atoms with Crippen molar-refractivity contribution in [2.45, 2.75) is 36.6 Å². The van der Waals surface area contributed by atoms with Crippen LogP contribution in [0.15, 0.2) is 59.5 Å². The number of non-ortho nitro benzene ring substituents is 1. The number of anilines is 1. The Morgan fingerprint density at radius 3 is 2.71 bits per heavy atom. The number of nitro benzene ring substituents is 1. The van der Waals surface area contributed by atoms with Gasteiger partial charge in [-0.15, -0.1) is 23.1 Å². The monoisotopic (exact) mass is 454 g/mol. The Bertz CT molecular complexity index is 1070. The Morgan fingerprint density at radius 1 is 1.26 bits per heavy atom. The Balaban J connectivity index is 1.33. The predicted octanol–water partition coefficient (Wildman–Crippen LogP) is 4.73. The molecule has 160 valence electrons. The largest absolute Gasteiger partial charge is 0.301 e. The van der Waals surface area contributed by atoms with Crippen LogP contribution in [0.5, 0.6) is 0 Å². The zero-order valence-corrected chi connectivity index (χ0v) is 18.6. The van der Waals surface area contributed by atoms with Crippen molar-refractivity contribution < 1.29 is 9.72 Å². The number of amides is 1. The number of thiazole rings is 1. The SMILES string of the molecule is CC(Sc1ccc([N+](=O)[O-])cc1)C(=O)Nc1nc2c(s1)CN(Cc1ccccc1)CC2. The van der Waals surface area contributed by atoms with Gasteiger partial charge >= 0.3 is 0 Å². The highest BCUT2D eigenvalue weighted by atomic mass is 32.2. The van der Waals surface area contributed by atoms with Crippen LogP contribution in [-0.2, 0) is 24.3 Å². The van der Waals surface area contributed by atoms with Crippen molar-refractivity contribution in [1.82, 2.24) is 9.88 Å². The van der Waals surface area contributed by atoms with E-state index >= 15 is 0 Å². The zero-order valence-electron chi connectivity index (χ0n) is 17.0. The maximum Gasteiger partial charge on any atom is 0.269 e. The number of benzene rings is 2. The van der Waals surface area contributed by atoms with Gasteiger partial charge in [-0.3, -0.25) is 19.8 Å². The molecule has 1 N–H and O–H groups in total. The molecule has 0 radical (unpaired) electrons. The topological polar surface area (TPSA) is 88.4 Å². The van der Waals surface area contributed by atoms with Gasteiger partial charge < -0.3 is 5.32 Å². The molecular formula is C22H22N4O3S2. The lowest BCUT2D eigenvalue weighted by molar-refractivity contribution is -0.384. The number of aromatic nitrogens is 1. The van der Waals surface area contributed by atoms with E-state index in [1.54, 1.807) is 12.1 Å². The Kier molecular flexibility index (Phi) is 6.64. The molecule has 7 nitrogen and oxygen atoms in total. The van der Waals surface area contributed by atoms with E-state index in [0.29, 0.717) is 5.13 Å². The van der Waals surface area contributed by atoms with Gasteiger partial charge in [0.25, 0.3) is 5.69 Å². The molecule has 2 heterocycles. The number of carbonyl (C=O) groups excluding carboxylic acids is 1. The summed E-state index contributed by atoms with van der Waals surface area (Å²) in [6, 6.07) is 16.6. The fourth-order valence-corrected chi connectivity index (χ4v) is 5.31. The molecular weight excluding hydrogens is 432 g/mol. The highest BCUT2D eigenvalue weighted by molar-refractivity contribution is 8.00. The molecule has 31 heavy (non-hydrogen) atoms. The molecule has 0 bridgehead atoms. The number of nitrogens with zero attached hydrogens (tertiary/aromatic N) is 3. The first-order valence-electron chi connectivity index (χ1n) is 9.95. The van der Waals surface area contributed by atoms with Crippen molar-refractivity contribution in [1.29, 1.82) is 0 Å². The molecule has 0 saturated heterocycles. The van der Waals surface area contributed by atoms with Gasteiger partial charge in [-0.1, -0.05) is 30.3 Å². The molecule has 9 heteroatoms. The lowest BCUT2D eigenvalue weighted by Crippen LogP contribution is -2.29. The number of nitro groups is 1. The second kappa shape index (κ2) is 9.59. The minimum absolute atomic E-state index is 0.0381. The van der Waals surface area contributed by atoms with Crippen LogP contribution >= 0.6 is 23.1 Å². The van der Waals surface area contributed by atoms with Gasteiger partial charge in [0.05, 0.1) is 15.9 Å². The minimum Gasteiger partial charge on any atom is -0.301 e. The van der Waals surface area contributed by atoms with Gasteiger partial charge in [-0.25, -0.2) is 4.98 Å². The van der Waals surface area contributed by atoms with E-state index in [9.17, 15) is 14.9 Å². The van der Waals surface area contributed by atoms with Crippen LogP contribution in [0.2, 0.25) is 0 Å². The molecule has 1 aromatic heterocycles. The summed E-state index contributed by atoms with van der Waals surface area (Å²) in [6.45, 7) is 4.51. The molecule has 0 fully saturated rings. The van der Waals surface area contributed by atoms with Gasteiger partial charge in [-0.2, -0.15) is 0 Å². The maximum atomic E-state index is 12.6. The van der Waals surface area contributed by atoms with Crippen LogP contribution in [0, 0.1) is 10.1 Å². The summed E-state index contributed by atoms with van der Waals surface area (Å²) in [5.41, 5.74) is 2.40. The van der Waals surface area contributed by atoms with E-state index in [0.717, 1.165) is 36.6 Å². The van der Waals surface area contributed by atoms with Gasteiger partial charge in [0.2, 0.25) is 5.91 Å². The Labute approximate surface area is 188 Å². The fraction of sp³-hybridized carbons (Fsp3) is 0.273. The summed E-state index contributed by atoms with van der Waals surface area (Å²) >= 11 is 2.90. The highest BCUT2D eigenvalue weighted by Crippen LogP contribution is 2.30. The first-order valence-corrected chi connectivity index (χ1v) is 11.6. The summed E-state index contributed by atoms with van der Waals surface area (Å²) in [5.74, 6) is -0.129. The van der Waals surface area contributed by atoms with E-state index in [4.69, 9.17) is 0 Å². The number of nitrogens with one attached hydrogen (secondary N) is 1. The lowest BCUT2D eigenvalue weighted by Gasteiger charge is -2.25. The van der Waals surface area contributed by atoms with Crippen LogP contribution in [0.1, 0.15) is 23.1 Å². The van der Waals surface area contributed by atoms with Crippen molar-refractivity contribution in [2.24, 2.45) is 0 Å². The van der Waals surface area contributed by atoms with E-state index in [1.165, 1.54) is 45.7 Å². The van der Waals surface area contributed by atoms with Crippen molar-refractivity contribution in [3.8, 4) is 0 Å². The van der Waals surface area contributed by atoms with E-state index in [1.807, 2.05) is 13.0 Å². The molecule has 1 unspecified atom stereocenters. The third kappa shape index (κ3) is 5.49. The molecule has 4 rings (SSSR count). The van der Waals surface area contributed by atoms with Crippen LogP contribution in [0.3, 0.4) is 0 Å². The third-order valence-corrected chi connectivity index (χ3v) is 7.13. The van der Waals surface area contributed by atoms with E-state index in [-0.39, 0.29) is 16.8 Å². The summed E-state index contributed by atoms with van der Waals surface area (Å²) in [5, 5.41) is 14.0. The summed E-state index contributed by atoms with van der Waals surface area (Å²) in [4.78, 5) is 32.0. The third-order valence-electron chi connectivity index (χ3n) is 5.02. The normalized spacial score (nSPS) is 14.6. The number of rotatable bonds is 7. The van der Waals surface area contributed by atoms with E-state index < -0.39 is 4.92 Å². The van der Waals surface area contributed by atoms with Gasteiger partial charge in [0.15, 0.2) is 5.13 Å². The highest BCUT2D eigenvalue weighted by Gasteiger charge is 2.23. The summed E-state index contributed by atoms with van der Waals surface area (Å²) < 4.78 is 0. The Morgan fingerprint density at radius 2 is 2.00 bits per heavy atom. The average molecular weight is 455 g/mol. The van der Waals surface area contributed by atoms with Crippen LogP contribution in [-0.4, -0.2) is 32.5 Å². The quantitative estimate of drug-likeness (QED) is 0.315. The zero-order chi connectivity index (χ0) is 21.8. The molecule has 1 atom stereocenters. The second-order valence-electron chi connectivity index (χ2n) is 7.34. The average Bonchev–Trinajstić information content (AvgIpc) is 3.16. The van der Waals surface area contributed by atoms with Crippen molar-refractivity contribution >= 4 is 39.8 Å². The smallest absolute Gasteiger partial charge is 0.269 e. The first kappa shape index (κ1) is 21.5. The number of hydrogen-bond acceptors (Lipinski definition) is 7. The van der Waals surface area contributed by atoms with Gasteiger partial charge in [0, 0.05) is 48.0 Å². The number of thioether (sulfide) groups is 1. The number of hydrogen-bond donors (Lipinski definition) is 1. The molecule has 3 aromatic rings. The van der Waals surface area contributed by atoms with E-state index in [2.05, 4.69) is 39.5 Å². The molecule has 0 spiro atoms. The maximum absolute atomic E-state index is 12.6. The molecule has 1 aliphatic rings. The van der Waals surface area contributed by atoms with Crippen LogP contribution < -0.4 is 5.32 Å². The number of carbonyl (C=O) groups is 1. The molecule has 0 aliphatic carbocycles.